The van der Waals surface area contributed by atoms with Gasteiger partial charge in [0.15, 0.2) is 0 Å². The van der Waals surface area contributed by atoms with Crippen LogP contribution in [0.1, 0.15) is 13.3 Å². The van der Waals surface area contributed by atoms with Crippen LogP contribution >= 0.6 is 0 Å². The maximum Gasteiger partial charge on any atom is 0.0319 e. The first-order valence-corrected chi connectivity index (χ1v) is 3.39. The minimum absolute atomic E-state index is 1.00. The standard InChI is InChI=1S/C8H8.CH4O/c1-6-4-7-2-3-8(6)5-7;1-2/h2-4H,5H2,1H3;2H,1H3. The van der Waals surface area contributed by atoms with Gasteiger partial charge in [0.05, 0.1) is 0 Å². The van der Waals surface area contributed by atoms with E-state index in [2.05, 4.69) is 25.2 Å². The molecular weight excluding hydrogens is 124 g/mol. The molecule has 0 heterocycles. The van der Waals surface area contributed by atoms with Crippen molar-refractivity contribution in [2.75, 3.05) is 7.11 Å². The third-order valence-electron chi connectivity index (χ3n) is 1.80. The van der Waals surface area contributed by atoms with E-state index >= 15 is 0 Å². The highest BCUT2D eigenvalue weighted by Crippen LogP contribution is 2.32. The second-order valence-electron chi connectivity index (χ2n) is 2.44. The molecule has 0 aliphatic heterocycles. The highest BCUT2D eigenvalue weighted by atomic mass is 16.2. The average molecular weight is 136 g/mol. The van der Waals surface area contributed by atoms with E-state index in [0.29, 0.717) is 0 Å². The summed E-state index contributed by atoms with van der Waals surface area (Å²) >= 11 is 0. The van der Waals surface area contributed by atoms with Gasteiger partial charge in [-0.15, -0.1) is 0 Å². The molecule has 1 heteroatoms. The maximum absolute atomic E-state index is 7.00. The van der Waals surface area contributed by atoms with Crippen LogP contribution in [0.25, 0.3) is 0 Å². The van der Waals surface area contributed by atoms with Crippen molar-refractivity contribution in [3.63, 3.8) is 0 Å². The predicted octanol–water partition coefficient (Wildman–Crippen LogP) is 1.81. The Labute approximate surface area is 61.4 Å². The Hall–Kier alpha value is -0.820. The summed E-state index contributed by atoms with van der Waals surface area (Å²) in [6.45, 7) is 2.17. The fourth-order valence-electron chi connectivity index (χ4n) is 1.29. The van der Waals surface area contributed by atoms with E-state index < -0.39 is 0 Å². The molecule has 0 amide bonds. The zero-order valence-electron chi connectivity index (χ0n) is 6.39. The van der Waals surface area contributed by atoms with Crippen LogP contribution < -0.4 is 0 Å². The van der Waals surface area contributed by atoms with Crippen molar-refractivity contribution in [2.45, 2.75) is 13.3 Å². The van der Waals surface area contributed by atoms with Crippen LogP contribution in [0.4, 0.5) is 0 Å². The zero-order chi connectivity index (χ0) is 7.56. The van der Waals surface area contributed by atoms with Gasteiger partial charge in [-0.3, -0.25) is 0 Å². The lowest BCUT2D eigenvalue weighted by molar-refractivity contribution is 0.399. The van der Waals surface area contributed by atoms with E-state index in [1.165, 1.54) is 23.1 Å². The summed E-state index contributed by atoms with van der Waals surface area (Å²) in [4.78, 5) is 0. The predicted molar refractivity (Wildman–Crippen MR) is 42.7 cm³/mol. The minimum atomic E-state index is 1.00. The molecule has 0 unspecified atom stereocenters. The molecule has 2 aliphatic rings. The molecule has 2 rings (SSSR count). The molecule has 10 heavy (non-hydrogen) atoms. The van der Waals surface area contributed by atoms with Crippen molar-refractivity contribution in [3.8, 4) is 0 Å². The van der Waals surface area contributed by atoms with Crippen LogP contribution in [0.3, 0.4) is 0 Å². The second kappa shape index (κ2) is 2.84. The Bertz CT molecular complexity index is 219. The zero-order valence-corrected chi connectivity index (χ0v) is 6.39. The molecule has 0 atom stereocenters. The number of aliphatic hydroxyl groups is 1. The topological polar surface area (TPSA) is 20.2 Å². The number of allylic oxidation sites excluding steroid dienone is 6. The lowest BCUT2D eigenvalue weighted by Gasteiger charge is -1.89. The van der Waals surface area contributed by atoms with Gasteiger partial charge in [-0.25, -0.2) is 0 Å². The number of hydrogen-bond acceptors (Lipinski definition) is 1. The van der Waals surface area contributed by atoms with Gasteiger partial charge in [0, 0.05) is 7.11 Å². The first kappa shape index (κ1) is 7.29. The van der Waals surface area contributed by atoms with Gasteiger partial charge in [-0.2, -0.15) is 0 Å². The van der Waals surface area contributed by atoms with Crippen LogP contribution in [0.15, 0.2) is 34.9 Å². The highest BCUT2D eigenvalue weighted by molar-refractivity contribution is 5.53. The van der Waals surface area contributed by atoms with Gasteiger partial charge in [0.25, 0.3) is 0 Å². The van der Waals surface area contributed by atoms with E-state index in [1.54, 1.807) is 0 Å². The lowest BCUT2D eigenvalue weighted by atomic mass is 10.2. The van der Waals surface area contributed by atoms with Gasteiger partial charge in [0.1, 0.15) is 0 Å². The summed E-state index contributed by atoms with van der Waals surface area (Å²) in [6.07, 6.45) is 7.87. The third-order valence-corrected chi connectivity index (χ3v) is 1.80. The smallest absolute Gasteiger partial charge is 0.0319 e. The van der Waals surface area contributed by atoms with Crippen LogP contribution in [0, 0.1) is 0 Å². The van der Waals surface area contributed by atoms with Crippen LogP contribution in [0.5, 0.6) is 0 Å². The Morgan fingerprint density at radius 2 is 2.00 bits per heavy atom. The van der Waals surface area contributed by atoms with E-state index in [9.17, 15) is 0 Å². The van der Waals surface area contributed by atoms with E-state index in [-0.39, 0.29) is 0 Å². The molecule has 0 aromatic heterocycles. The molecule has 2 aliphatic carbocycles. The molecular formula is C9H12O. The largest absolute Gasteiger partial charge is 0.400 e. The quantitative estimate of drug-likeness (QED) is 0.538. The summed E-state index contributed by atoms with van der Waals surface area (Å²) in [7, 11) is 1.00. The van der Waals surface area contributed by atoms with Gasteiger partial charge in [-0.1, -0.05) is 18.2 Å². The van der Waals surface area contributed by atoms with E-state index in [0.717, 1.165) is 7.11 Å². The van der Waals surface area contributed by atoms with Crippen molar-refractivity contribution >= 4 is 0 Å². The van der Waals surface area contributed by atoms with Crippen molar-refractivity contribution in [1.82, 2.24) is 0 Å². The number of fused-ring (bicyclic) bond motifs is 2. The fourth-order valence-corrected chi connectivity index (χ4v) is 1.29. The molecule has 0 fully saturated rings. The van der Waals surface area contributed by atoms with Gasteiger partial charge in [0.2, 0.25) is 0 Å². The molecule has 2 bridgehead atoms. The first-order chi connectivity index (χ1) is 4.86. The van der Waals surface area contributed by atoms with E-state index in [4.69, 9.17) is 5.11 Å². The summed E-state index contributed by atoms with van der Waals surface area (Å²) < 4.78 is 0. The maximum atomic E-state index is 7.00. The molecule has 0 aromatic rings. The molecule has 0 saturated carbocycles. The summed E-state index contributed by atoms with van der Waals surface area (Å²) in [5.74, 6) is 0. The summed E-state index contributed by atoms with van der Waals surface area (Å²) in [5, 5.41) is 7.00. The van der Waals surface area contributed by atoms with Crippen LogP contribution in [-0.2, 0) is 0 Å². The second-order valence-corrected chi connectivity index (χ2v) is 2.44. The van der Waals surface area contributed by atoms with Gasteiger partial charge < -0.3 is 5.11 Å². The van der Waals surface area contributed by atoms with Crippen molar-refractivity contribution in [2.24, 2.45) is 0 Å². The number of hydrogen-bond donors (Lipinski definition) is 1. The molecule has 54 valence electrons. The first-order valence-electron chi connectivity index (χ1n) is 3.39. The Kier molecular flexibility index (Phi) is 2.07. The summed E-state index contributed by atoms with van der Waals surface area (Å²) in [5.41, 5.74) is 4.46. The molecule has 1 nitrogen and oxygen atoms in total. The Morgan fingerprint density at radius 1 is 1.30 bits per heavy atom. The Morgan fingerprint density at radius 3 is 2.20 bits per heavy atom. The molecule has 0 saturated heterocycles. The molecule has 0 spiro atoms. The number of aliphatic hydroxyl groups excluding tert-OH is 1. The highest BCUT2D eigenvalue weighted by Gasteiger charge is 2.13. The van der Waals surface area contributed by atoms with Crippen molar-refractivity contribution in [1.29, 1.82) is 0 Å². The molecule has 1 N–H and O–H groups in total. The fraction of sp³-hybridized carbons (Fsp3) is 0.333. The Balaban J connectivity index is 0.000000231. The lowest BCUT2D eigenvalue weighted by Crippen LogP contribution is -1.69. The van der Waals surface area contributed by atoms with Gasteiger partial charge in [-0.05, 0) is 30.1 Å². The van der Waals surface area contributed by atoms with E-state index in [1.807, 2.05) is 0 Å². The summed E-state index contributed by atoms with van der Waals surface area (Å²) in [6, 6.07) is 0. The van der Waals surface area contributed by atoms with Crippen LogP contribution in [0.2, 0.25) is 0 Å². The number of rotatable bonds is 0. The van der Waals surface area contributed by atoms with Crippen LogP contribution in [-0.4, -0.2) is 12.2 Å². The normalized spacial score (nSPS) is 18.9. The van der Waals surface area contributed by atoms with Gasteiger partial charge >= 0.3 is 0 Å². The molecule has 0 radical (unpaired) electrons. The molecule has 0 aromatic carbocycles. The van der Waals surface area contributed by atoms with Crippen molar-refractivity contribution < 1.29 is 5.11 Å². The monoisotopic (exact) mass is 136 g/mol. The SMILES string of the molecule is CC1=C2C=CC(=C1)C2.CO. The average Bonchev–Trinajstić information content (AvgIpc) is 2.52. The third kappa shape index (κ3) is 1.05. The van der Waals surface area contributed by atoms with Crippen molar-refractivity contribution in [3.05, 3.63) is 34.9 Å². The minimum Gasteiger partial charge on any atom is -0.400 e.